The summed E-state index contributed by atoms with van der Waals surface area (Å²) in [6.07, 6.45) is 1.15. The summed E-state index contributed by atoms with van der Waals surface area (Å²) in [5.41, 5.74) is 8.13. The Labute approximate surface area is 127 Å². The summed E-state index contributed by atoms with van der Waals surface area (Å²) >= 11 is 5.32. The molecule has 0 fully saturated rings. The monoisotopic (exact) mass is 338 g/mol. The van der Waals surface area contributed by atoms with E-state index in [0.717, 1.165) is 31.7 Å². The molecule has 2 N–H and O–H groups in total. The van der Waals surface area contributed by atoms with Crippen molar-refractivity contribution in [1.29, 1.82) is 0 Å². The van der Waals surface area contributed by atoms with Crippen LogP contribution in [-0.4, -0.2) is 11.4 Å². The number of nitrogens with two attached hydrogens (primary N) is 1. The number of para-hydroxylation sites is 1. The second kappa shape index (κ2) is 7.08. The van der Waals surface area contributed by atoms with Gasteiger partial charge in [0.15, 0.2) is 0 Å². The van der Waals surface area contributed by atoms with Crippen LogP contribution in [0.15, 0.2) is 40.2 Å². The quantitative estimate of drug-likeness (QED) is 0.785. The van der Waals surface area contributed by atoms with Crippen LogP contribution in [0.25, 0.3) is 0 Å². The van der Waals surface area contributed by atoms with E-state index in [-0.39, 0.29) is 0 Å². The van der Waals surface area contributed by atoms with Gasteiger partial charge in [0.1, 0.15) is 0 Å². The minimum Gasteiger partial charge on any atom is -0.398 e. The van der Waals surface area contributed by atoms with Crippen LogP contribution >= 0.6 is 27.3 Å². The summed E-state index contributed by atoms with van der Waals surface area (Å²) < 4.78 is 1.19. The molecule has 4 heteroatoms. The third-order valence-electron chi connectivity index (χ3n) is 3.00. The van der Waals surface area contributed by atoms with E-state index >= 15 is 0 Å². The van der Waals surface area contributed by atoms with Crippen molar-refractivity contribution in [1.82, 2.24) is 4.90 Å². The lowest BCUT2D eigenvalue weighted by Gasteiger charge is -2.21. The highest BCUT2D eigenvalue weighted by molar-refractivity contribution is 9.11. The van der Waals surface area contributed by atoms with E-state index in [2.05, 4.69) is 52.0 Å². The average Bonchev–Trinajstić information content (AvgIpc) is 2.78. The molecule has 2 rings (SSSR count). The van der Waals surface area contributed by atoms with Crippen molar-refractivity contribution >= 4 is 33.0 Å². The van der Waals surface area contributed by atoms with Crippen molar-refractivity contribution < 1.29 is 0 Å². The Morgan fingerprint density at radius 3 is 2.58 bits per heavy atom. The number of nitrogens with zero attached hydrogens (tertiary/aromatic N) is 1. The van der Waals surface area contributed by atoms with Crippen molar-refractivity contribution in [3.63, 3.8) is 0 Å². The molecule has 0 saturated heterocycles. The zero-order valence-electron chi connectivity index (χ0n) is 11.1. The van der Waals surface area contributed by atoms with Gasteiger partial charge >= 0.3 is 0 Å². The van der Waals surface area contributed by atoms with E-state index < -0.39 is 0 Å². The van der Waals surface area contributed by atoms with E-state index in [1.807, 2.05) is 12.1 Å². The van der Waals surface area contributed by atoms with Gasteiger partial charge in [0.25, 0.3) is 0 Å². The molecule has 0 spiro atoms. The number of hydrogen-bond acceptors (Lipinski definition) is 3. The first-order valence-electron chi connectivity index (χ1n) is 6.49. The second-order valence-electron chi connectivity index (χ2n) is 4.62. The number of halogens is 1. The van der Waals surface area contributed by atoms with Crippen LogP contribution in [0, 0.1) is 0 Å². The smallest absolute Gasteiger partial charge is 0.0701 e. The molecule has 1 aromatic carbocycles. The van der Waals surface area contributed by atoms with Gasteiger partial charge in [-0.15, -0.1) is 11.3 Å². The molecule has 2 aromatic rings. The van der Waals surface area contributed by atoms with Crippen LogP contribution in [0.3, 0.4) is 0 Å². The molecule has 19 heavy (non-hydrogen) atoms. The maximum absolute atomic E-state index is 6.03. The normalized spacial score (nSPS) is 11.1. The Bertz CT molecular complexity index is 524. The molecule has 0 aliphatic rings. The van der Waals surface area contributed by atoms with Crippen molar-refractivity contribution in [2.45, 2.75) is 26.4 Å². The van der Waals surface area contributed by atoms with Gasteiger partial charge in [0, 0.05) is 23.7 Å². The molecule has 102 valence electrons. The Hall–Kier alpha value is -0.840. The van der Waals surface area contributed by atoms with E-state index in [0.29, 0.717) is 0 Å². The second-order valence-corrected chi connectivity index (χ2v) is 7.16. The van der Waals surface area contributed by atoms with Crippen LogP contribution in [0.4, 0.5) is 5.69 Å². The summed E-state index contributed by atoms with van der Waals surface area (Å²) in [6, 6.07) is 12.4. The number of benzene rings is 1. The van der Waals surface area contributed by atoms with E-state index in [4.69, 9.17) is 5.73 Å². The first kappa shape index (κ1) is 14.6. The maximum Gasteiger partial charge on any atom is 0.0701 e. The molecule has 0 radical (unpaired) electrons. The largest absolute Gasteiger partial charge is 0.398 e. The molecular formula is C15H19BrN2S. The highest BCUT2D eigenvalue weighted by Crippen LogP contribution is 2.24. The highest BCUT2D eigenvalue weighted by Gasteiger charge is 2.09. The SMILES string of the molecule is CCCN(Cc1ccc(Br)s1)Cc1ccccc1N. The van der Waals surface area contributed by atoms with Crippen molar-refractivity contribution in [3.8, 4) is 0 Å². The fourth-order valence-corrected chi connectivity index (χ4v) is 3.63. The number of anilines is 1. The molecular weight excluding hydrogens is 320 g/mol. The van der Waals surface area contributed by atoms with E-state index in [9.17, 15) is 0 Å². The summed E-state index contributed by atoms with van der Waals surface area (Å²) in [4.78, 5) is 3.83. The molecule has 0 aliphatic carbocycles. The molecule has 0 saturated carbocycles. The number of hydrogen-bond donors (Lipinski definition) is 1. The molecule has 1 aromatic heterocycles. The zero-order valence-corrected chi connectivity index (χ0v) is 13.5. The highest BCUT2D eigenvalue weighted by atomic mass is 79.9. The molecule has 2 nitrogen and oxygen atoms in total. The van der Waals surface area contributed by atoms with Crippen LogP contribution in [-0.2, 0) is 13.1 Å². The lowest BCUT2D eigenvalue weighted by atomic mass is 10.1. The summed E-state index contributed by atoms with van der Waals surface area (Å²) in [7, 11) is 0. The number of nitrogen functional groups attached to an aromatic ring is 1. The fourth-order valence-electron chi connectivity index (χ4n) is 2.11. The molecule has 0 bridgehead atoms. The van der Waals surface area contributed by atoms with Crippen molar-refractivity contribution in [2.75, 3.05) is 12.3 Å². The standard InChI is InChI=1S/C15H19BrN2S/c1-2-9-18(11-13-7-8-15(16)19-13)10-12-5-3-4-6-14(12)17/h3-8H,2,9-11,17H2,1H3. The minimum atomic E-state index is 0.885. The summed E-state index contributed by atoms with van der Waals surface area (Å²) in [5.74, 6) is 0. The van der Waals surface area contributed by atoms with E-state index in [1.54, 1.807) is 11.3 Å². The molecule has 0 unspecified atom stereocenters. The van der Waals surface area contributed by atoms with Gasteiger partial charge < -0.3 is 5.73 Å². The average molecular weight is 339 g/mol. The van der Waals surface area contributed by atoms with Gasteiger partial charge in [-0.1, -0.05) is 25.1 Å². The van der Waals surface area contributed by atoms with Gasteiger partial charge in [-0.25, -0.2) is 0 Å². The van der Waals surface area contributed by atoms with Crippen LogP contribution in [0.1, 0.15) is 23.8 Å². The third kappa shape index (κ3) is 4.34. The van der Waals surface area contributed by atoms with Gasteiger partial charge in [0.2, 0.25) is 0 Å². The van der Waals surface area contributed by atoms with Crippen LogP contribution in [0.5, 0.6) is 0 Å². The third-order valence-corrected chi connectivity index (χ3v) is 4.61. The molecule has 0 aliphatic heterocycles. The Balaban J connectivity index is 2.06. The van der Waals surface area contributed by atoms with Gasteiger partial charge in [-0.2, -0.15) is 0 Å². The summed E-state index contributed by atoms with van der Waals surface area (Å²) in [6.45, 7) is 5.20. The predicted octanol–water partition coefficient (Wildman–Crippen LogP) is 4.51. The van der Waals surface area contributed by atoms with Crippen molar-refractivity contribution in [3.05, 3.63) is 50.6 Å². The molecule has 1 heterocycles. The molecule has 0 amide bonds. The first-order chi connectivity index (χ1) is 9.19. The van der Waals surface area contributed by atoms with Gasteiger partial charge in [-0.05, 0) is 52.7 Å². The minimum absolute atomic E-state index is 0.885. The Kier molecular flexibility index (Phi) is 5.43. The Morgan fingerprint density at radius 2 is 1.95 bits per heavy atom. The first-order valence-corrected chi connectivity index (χ1v) is 8.10. The topological polar surface area (TPSA) is 29.3 Å². The number of rotatable bonds is 6. The van der Waals surface area contributed by atoms with E-state index in [1.165, 1.54) is 14.2 Å². The maximum atomic E-state index is 6.03. The van der Waals surface area contributed by atoms with Crippen LogP contribution in [0.2, 0.25) is 0 Å². The zero-order chi connectivity index (χ0) is 13.7. The summed E-state index contributed by atoms with van der Waals surface area (Å²) in [5, 5.41) is 0. The Morgan fingerprint density at radius 1 is 1.16 bits per heavy atom. The number of thiophene rings is 1. The fraction of sp³-hybridized carbons (Fsp3) is 0.333. The predicted molar refractivity (Wildman–Crippen MR) is 87.3 cm³/mol. The lowest BCUT2D eigenvalue weighted by molar-refractivity contribution is 0.260. The van der Waals surface area contributed by atoms with Gasteiger partial charge in [-0.3, -0.25) is 4.90 Å². The molecule has 0 atom stereocenters. The lowest BCUT2D eigenvalue weighted by Crippen LogP contribution is -2.23. The van der Waals surface area contributed by atoms with Gasteiger partial charge in [0.05, 0.1) is 3.79 Å². The van der Waals surface area contributed by atoms with Crippen LogP contribution < -0.4 is 5.73 Å². The van der Waals surface area contributed by atoms with Crippen molar-refractivity contribution in [2.24, 2.45) is 0 Å².